The molecule has 0 aliphatic rings. The number of carbonyl (C=O) groups is 2. The zero-order valence-electron chi connectivity index (χ0n) is 9.37. The number of hydrogen-bond donors (Lipinski definition) is 3. The van der Waals surface area contributed by atoms with Crippen molar-refractivity contribution in [2.45, 2.75) is 12.8 Å². The van der Waals surface area contributed by atoms with E-state index >= 15 is 0 Å². The summed E-state index contributed by atoms with van der Waals surface area (Å²) in [5, 5.41) is 13.2. The summed E-state index contributed by atoms with van der Waals surface area (Å²) in [5.74, 6) is -1.48. The molecule has 0 heterocycles. The van der Waals surface area contributed by atoms with Gasteiger partial charge in [0, 0.05) is 18.7 Å². The highest BCUT2D eigenvalue weighted by atomic mass is 35.5. The fraction of sp³-hybridized carbons (Fsp3) is 0.273. The van der Waals surface area contributed by atoms with Crippen LogP contribution in [0.2, 0.25) is 5.02 Å². The zero-order valence-corrected chi connectivity index (χ0v) is 10.1. The Labute approximate surface area is 108 Å². The molecule has 1 aromatic rings. The summed E-state index contributed by atoms with van der Waals surface area (Å²) in [6.07, 6.45) is 0.329. The van der Waals surface area contributed by atoms with E-state index in [2.05, 4.69) is 10.6 Å². The molecule has 0 aromatic heterocycles. The van der Waals surface area contributed by atoms with Gasteiger partial charge in [-0.15, -0.1) is 0 Å². The Morgan fingerprint density at radius 3 is 2.72 bits per heavy atom. The number of aliphatic carboxylic acids is 1. The van der Waals surface area contributed by atoms with Gasteiger partial charge in [0.25, 0.3) is 0 Å². The van der Waals surface area contributed by atoms with Gasteiger partial charge < -0.3 is 15.7 Å². The molecule has 0 atom stereocenters. The quantitative estimate of drug-likeness (QED) is 0.722. The van der Waals surface area contributed by atoms with Crippen molar-refractivity contribution < 1.29 is 19.1 Å². The highest BCUT2D eigenvalue weighted by molar-refractivity contribution is 6.31. The van der Waals surface area contributed by atoms with Crippen molar-refractivity contribution in [1.82, 2.24) is 5.32 Å². The van der Waals surface area contributed by atoms with Crippen LogP contribution >= 0.6 is 11.6 Å². The third-order valence-corrected chi connectivity index (χ3v) is 2.32. The number of rotatable bonds is 5. The third kappa shape index (κ3) is 5.01. The molecular formula is C11H12ClFN2O3. The number of anilines is 1. The van der Waals surface area contributed by atoms with Gasteiger partial charge in [0.15, 0.2) is 0 Å². The molecule has 0 bridgehead atoms. The fourth-order valence-electron chi connectivity index (χ4n) is 1.19. The number of nitrogens with one attached hydrogen (secondary N) is 2. The van der Waals surface area contributed by atoms with E-state index in [0.29, 0.717) is 12.1 Å². The molecule has 0 spiro atoms. The van der Waals surface area contributed by atoms with Crippen molar-refractivity contribution in [2.24, 2.45) is 0 Å². The Balaban J connectivity index is 2.35. The number of carboxylic acid groups (broad SMARTS) is 1. The average molecular weight is 275 g/mol. The van der Waals surface area contributed by atoms with Crippen LogP contribution < -0.4 is 10.6 Å². The van der Waals surface area contributed by atoms with E-state index in [-0.39, 0.29) is 18.0 Å². The van der Waals surface area contributed by atoms with E-state index in [4.69, 9.17) is 16.7 Å². The lowest BCUT2D eigenvalue weighted by Crippen LogP contribution is -2.29. The first-order valence-corrected chi connectivity index (χ1v) is 5.58. The van der Waals surface area contributed by atoms with Gasteiger partial charge in [-0.25, -0.2) is 9.18 Å². The largest absolute Gasteiger partial charge is 0.481 e. The number of amides is 2. The van der Waals surface area contributed by atoms with E-state index in [1.54, 1.807) is 0 Å². The van der Waals surface area contributed by atoms with Gasteiger partial charge in [-0.05, 0) is 24.6 Å². The molecule has 0 aliphatic carbocycles. The van der Waals surface area contributed by atoms with Crippen LogP contribution in [-0.4, -0.2) is 23.7 Å². The molecule has 0 unspecified atom stereocenters. The first-order chi connectivity index (χ1) is 8.49. The molecule has 0 radical (unpaired) electrons. The number of benzene rings is 1. The Kier molecular flexibility index (Phi) is 5.38. The highest BCUT2D eigenvalue weighted by Gasteiger charge is 2.04. The third-order valence-electron chi connectivity index (χ3n) is 2.03. The molecule has 2 amide bonds. The van der Waals surface area contributed by atoms with Gasteiger partial charge in [0.05, 0.1) is 5.02 Å². The summed E-state index contributed by atoms with van der Waals surface area (Å²) in [5.41, 5.74) is 0.358. The summed E-state index contributed by atoms with van der Waals surface area (Å²) < 4.78 is 12.8. The van der Waals surface area contributed by atoms with Crippen molar-refractivity contribution in [2.75, 3.05) is 11.9 Å². The van der Waals surface area contributed by atoms with Gasteiger partial charge in [0.2, 0.25) is 0 Å². The normalized spacial score (nSPS) is 9.89. The van der Waals surface area contributed by atoms with Crippen molar-refractivity contribution in [3.63, 3.8) is 0 Å². The van der Waals surface area contributed by atoms with Crippen molar-refractivity contribution in [1.29, 1.82) is 0 Å². The topological polar surface area (TPSA) is 78.4 Å². The first-order valence-electron chi connectivity index (χ1n) is 5.20. The molecule has 3 N–H and O–H groups in total. The van der Waals surface area contributed by atoms with Gasteiger partial charge in [-0.2, -0.15) is 0 Å². The lowest BCUT2D eigenvalue weighted by molar-refractivity contribution is -0.137. The highest BCUT2D eigenvalue weighted by Crippen LogP contribution is 2.19. The monoisotopic (exact) mass is 274 g/mol. The average Bonchev–Trinajstić information content (AvgIpc) is 2.29. The van der Waals surface area contributed by atoms with E-state index in [1.165, 1.54) is 12.1 Å². The van der Waals surface area contributed by atoms with E-state index in [9.17, 15) is 14.0 Å². The van der Waals surface area contributed by atoms with Crippen molar-refractivity contribution in [3.05, 3.63) is 29.0 Å². The number of urea groups is 1. The van der Waals surface area contributed by atoms with E-state index in [1.807, 2.05) is 0 Å². The minimum absolute atomic E-state index is 0.0113. The number of carboxylic acids is 1. The standard InChI is InChI=1S/C11H12ClFN2O3/c12-8-6-7(3-4-9(8)13)15-11(18)14-5-1-2-10(16)17/h3-4,6H,1-2,5H2,(H,16,17)(H2,14,15,18). The second-order valence-electron chi connectivity index (χ2n) is 3.51. The van der Waals surface area contributed by atoms with Gasteiger partial charge in [0.1, 0.15) is 5.82 Å². The molecule has 0 saturated carbocycles. The molecule has 1 aromatic carbocycles. The fourth-order valence-corrected chi connectivity index (χ4v) is 1.37. The van der Waals surface area contributed by atoms with Crippen molar-refractivity contribution in [3.8, 4) is 0 Å². The van der Waals surface area contributed by atoms with Crippen LogP contribution in [0.4, 0.5) is 14.9 Å². The summed E-state index contributed by atoms with van der Waals surface area (Å²) in [7, 11) is 0. The zero-order chi connectivity index (χ0) is 13.5. The molecule has 0 fully saturated rings. The Hall–Kier alpha value is -1.82. The smallest absolute Gasteiger partial charge is 0.319 e. The molecule has 0 aliphatic heterocycles. The minimum atomic E-state index is -0.914. The van der Waals surface area contributed by atoms with Crippen molar-refractivity contribution >= 4 is 29.3 Å². The van der Waals surface area contributed by atoms with Gasteiger partial charge >= 0.3 is 12.0 Å². The number of halogens is 2. The molecule has 7 heteroatoms. The van der Waals surface area contributed by atoms with Crippen LogP contribution in [0.25, 0.3) is 0 Å². The summed E-state index contributed by atoms with van der Waals surface area (Å²) in [6.45, 7) is 0.243. The lowest BCUT2D eigenvalue weighted by Gasteiger charge is -2.07. The second-order valence-corrected chi connectivity index (χ2v) is 3.91. The molecular weight excluding hydrogens is 263 g/mol. The maximum atomic E-state index is 12.8. The van der Waals surface area contributed by atoms with E-state index < -0.39 is 17.8 Å². The molecule has 1 rings (SSSR count). The Bertz CT molecular complexity index is 454. The second kappa shape index (κ2) is 6.80. The predicted octanol–water partition coefficient (Wildman–Crippen LogP) is 2.47. The SMILES string of the molecule is O=C(O)CCCNC(=O)Nc1ccc(F)c(Cl)c1. The summed E-state index contributed by atoms with van der Waals surface area (Å²) >= 11 is 5.55. The van der Waals surface area contributed by atoms with Crippen LogP contribution in [0, 0.1) is 5.82 Å². The van der Waals surface area contributed by atoms with Gasteiger partial charge in [-0.3, -0.25) is 4.79 Å². The van der Waals surface area contributed by atoms with Crippen LogP contribution in [-0.2, 0) is 4.79 Å². The maximum absolute atomic E-state index is 12.8. The molecule has 0 saturated heterocycles. The predicted molar refractivity (Wildman–Crippen MR) is 65.3 cm³/mol. The summed E-state index contributed by atoms with van der Waals surface area (Å²) in [4.78, 5) is 21.6. The molecule has 5 nitrogen and oxygen atoms in total. The van der Waals surface area contributed by atoms with Crippen LogP contribution in [0.15, 0.2) is 18.2 Å². The Morgan fingerprint density at radius 2 is 2.11 bits per heavy atom. The lowest BCUT2D eigenvalue weighted by atomic mass is 10.3. The number of hydrogen-bond acceptors (Lipinski definition) is 2. The van der Waals surface area contributed by atoms with Crippen LogP contribution in [0.1, 0.15) is 12.8 Å². The van der Waals surface area contributed by atoms with Gasteiger partial charge in [-0.1, -0.05) is 11.6 Å². The minimum Gasteiger partial charge on any atom is -0.481 e. The van der Waals surface area contributed by atoms with Crippen LogP contribution in [0.5, 0.6) is 0 Å². The number of carbonyl (C=O) groups excluding carboxylic acids is 1. The first kappa shape index (κ1) is 14.2. The molecule has 18 heavy (non-hydrogen) atoms. The Morgan fingerprint density at radius 1 is 1.39 bits per heavy atom. The molecule has 98 valence electrons. The summed E-state index contributed by atoms with van der Waals surface area (Å²) in [6, 6.07) is 3.30. The van der Waals surface area contributed by atoms with Crippen LogP contribution in [0.3, 0.4) is 0 Å². The van der Waals surface area contributed by atoms with E-state index in [0.717, 1.165) is 6.07 Å². The maximum Gasteiger partial charge on any atom is 0.319 e.